The van der Waals surface area contributed by atoms with Crippen molar-refractivity contribution in [1.82, 2.24) is 5.32 Å². The highest BCUT2D eigenvalue weighted by Gasteiger charge is 2.22. The number of nitriles is 1. The molecule has 0 spiro atoms. The molecule has 2 rings (SSSR count). The molecule has 1 amide bonds. The first-order valence-corrected chi connectivity index (χ1v) is 7.58. The average Bonchev–Trinajstić information content (AvgIpc) is 2.45. The van der Waals surface area contributed by atoms with Gasteiger partial charge in [0, 0.05) is 31.0 Å². The van der Waals surface area contributed by atoms with Crippen molar-refractivity contribution in [2.75, 3.05) is 24.5 Å². The van der Waals surface area contributed by atoms with E-state index in [1.165, 1.54) is 0 Å². The minimum absolute atomic E-state index is 0.0171. The maximum Gasteiger partial charge on any atom is 0.216 e. The first-order valence-electron chi connectivity index (χ1n) is 6.79. The number of rotatable bonds is 3. The fourth-order valence-electron chi connectivity index (χ4n) is 2.61. The molecular formula is C15H18BrN3O. The summed E-state index contributed by atoms with van der Waals surface area (Å²) in [6.45, 7) is 4.11. The summed E-state index contributed by atoms with van der Waals surface area (Å²) in [4.78, 5) is 13.3. The van der Waals surface area contributed by atoms with Crippen LogP contribution in [0.5, 0.6) is 0 Å². The van der Waals surface area contributed by atoms with E-state index in [0.717, 1.165) is 36.1 Å². The second-order valence-electron chi connectivity index (χ2n) is 5.16. The summed E-state index contributed by atoms with van der Waals surface area (Å²) in [5, 5.41) is 12.1. The molecule has 5 heteroatoms. The lowest BCUT2D eigenvalue weighted by Crippen LogP contribution is -2.40. The molecule has 1 atom stereocenters. The zero-order chi connectivity index (χ0) is 14.5. The van der Waals surface area contributed by atoms with E-state index in [0.29, 0.717) is 18.0 Å². The Bertz CT molecular complexity index is 538. The topological polar surface area (TPSA) is 56.1 Å². The van der Waals surface area contributed by atoms with Crippen LogP contribution >= 0.6 is 15.9 Å². The number of halogens is 1. The van der Waals surface area contributed by atoms with E-state index in [4.69, 9.17) is 0 Å². The number of amides is 1. The van der Waals surface area contributed by atoms with E-state index < -0.39 is 0 Å². The summed E-state index contributed by atoms with van der Waals surface area (Å²) in [6.07, 6.45) is 2.21. The molecule has 0 bridgehead atoms. The fraction of sp³-hybridized carbons (Fsp3) is 0.467. The van der Waals surface area contributed by atoms with Crippen LogP contribution in [0.4, 0.5) is 5.69 Å². The Morgan fingerprint density at radius 1 is 1.60 bits per heavy atom. The average molecular weight is 336 g/mol. The van der Waals surface area contributed by atoms with Crippen LogP contribution in [0.25, 0.3) is 0 Å². The maximum absolute atomic E-state index is 11.0. The van der Waals surface area contributed by atoms with E-state index in [1.54, 1.807) is 6.92 Å². The number of carbonyl (C=O) groups is 1. The van der Waals surface area contributed by atoms with Gasteiger partial charge in [-0.3, -0.25) is 4.79 Å². The van der Waals surface area contributed by atoms with E-state index in [2.05, 4.69) is 32.2 Å². The standard InChI is InChI=1S/C15H18BrN3O/c1-11(20)18-9-12-3-2-6-19(10-12)15-5-4-14(16)7-13(15)8-17/h4-5,7,12H,2-3,6,9-10H2,1H3,(H,18,20)/t12-/m0/s1. The Hall–Kier alpha value is -1.54. The predicted octanol–water partition coefficient (Wildman–Crippen LogP) is 2.67. The monoisotopic (exact) mass is 335 g/mol. The van der Waals surface area contributed by atoms with Crippen molar-refractivity contribution in [1.29, 1.82) is 5.26 Å². The zero-order valence-electron chi connectivity index (χ0n) is 11.5. The van der Waals surface area contributed by atoms with Crippen LogP contribution in [0, 0.1) is 17.2 Å². The Morgan fingerprint density at radius 3 is 3.10 bits per heavy atom. The number of hydrogen-bond donors (Lipinski definition) is 1. The molecule has 20 heavy (non-hydrogen) atoms. The quantitative estimate of drug-likeness (QED) is 0.923. The molecule has 1 saturated heterocycles. The van der Waals surface area contributed by atoms with E-state index in [9.17, 15) is 10.1 Å². The highest BCUT2D eigenvalue weighted by atomic mass is 79.9. The van der Waals surface area contributed by atoms with Crippen LogP contribution in [-0.4, -0.2) is 25.5 Å². The van der Waals surface area contributed by atoms with E-state index in [1.807, 2.05) is 18.2 Å². The van der Waals surface area contributed by atoms with Crippen LogP contribution in [-0.2, 0) is 4.79 Å². The van der Waals surface area contributed by atoms with Gasteiger partial charge in [-0.05, 0) is 37.0 Å². The second-order valence-corrected chi connectivity index (χ2v) is 6.08. The minimum Gasteiger partial charge on any atom is -0.370 e. The molecule has 1 heterocycles. The Labute approximate surface area is 127 Å². The van der Waals surface area contributed by atoms with Gasteiger partial charge < -0.3 is 10.2 Å². The lowest BCUT2D eigenvalue weighted by Gasteiger charge is -2.35. The maximum atomic E-state index is 11.0. The van der Waals surface area contributed by atoms with Crippen LogP contribution in [0.3, 0.4) is 0 Å². The second kappa shape index (κ2) is 6.76. The number of benzene rings is 1. The van der Waals surface area contributed by atoms with Gasteiger partial charge in [0.1, 0.15) is 6.07 Å². The summed E-state index contributed by atoms with van der Waals surface area (Å²) in [5.41, 5.74) is 1.68. The normalized spacial score (nSPS) is 18.4. The molecule has 1 fully saturated rings. The van der Waals surface area contributed by atoms with Gasteiger partial charge in [-0.25, -0.2) is 0 Å². The SMILES string of the molecule is CC(=O)NC[C@@H]1CCCN(c2ccc(Br)cc2C#N)C1. The van der Waals surface area contributed by atoms with Crippen molar-refractivity contribution in [2.24, 2.45) is 5.92 Å². The van der Waals surface area contributed by atoms with Gasteiger partial charge >= 0.3 is 0 Å². The summed E-state index contributed by atoms with van der Waals surface area (Å²) >= 11 is 3.40. The number of nitrogens with zero attached hydrogens (tertiary/aromatic N) is 2. The van der Waals surface area contributed by atoms with Crippen LogP contribution in [0.2, 0.25) is 0 Å². The number of anilines is 1. The van der Waals surface area contributed by atoms with Crippen molar-refractivity contribution < 1.29 is 4.79 Å². The molecule has 0 saturated carbocycles. The van der Waals surface area contributed by atoms with Gasteiger partial charge in [-0.2, -0.15) is 5.26 Å². The highest BCUT2D eigenvalue weighted by molar-refractivity contribution is 9.10. The Balaban J connectivity index is 2.09. The molecule has 0 unspecified atom stereocenters. The molecule has 1 aliphatic heterocycles. The molecule has 0 radical (unpaired) electrons. The lowest BCUT2D eigenvalue weighted by molar-refractivity contribution is -0.119. The summed E-state index contributed by atoms with van der Waals surface area (Å²) in [7, 11) is 0. The molecule has 106 valence electrons. The molecular weight excluding hydrogens is 318 g/mol. The summed E-state index contributed by atoms with van der Waals surface area (Å²) in [5.74, 6) is 0.464. The fourth-order valence-corrected chi connectivity index (χ4v) is 2.97. The van der Waals surface area contributed by atoms with E-state index in [-0.39, 0.29) is 5.91 Å². The minimum atomic E-state index is 0.0171. The number of carbonyl (C=O) groups excluding carboxylic acids is 1. The lowest BCUT2D eigenvalue weighted by atomic mass is 9.97. The smallest absolute Gasteiger partial charge is 0.216 e. The largest absolute Gasteiger partial charge is 0.370 e. The predicted molar refractivity (Wildman–Crippen MR) is 82.5 cm³/mol. The highest BCUT2D eigenvalue weighted by Crippen LogP contribution is 2.28. The summed E-state index contributed by atoms with van der Waals surface area (Å²) < 4.78 is 0.921. The zero-order valence-corrected chi connectivity index (χ0v) is 13.1. The van der Waals surface area contributed by atoms with Crippen LogP contribution in [0.1, 0.15) is 25.3 Å². The van der Waals surface area contributed by atoms with Gasteiger partial charge in [0.2, 0.25) is 5.91 Å². The first kappa shape index (κ1) is 14.9. The van der Waals surface area contributed by atoms with Gasteiger partial charge in [0.15, 0.2) is 0 Å². The van der Waals surface area contributed by atoms with E-state index >= 15 is 0 Å². The number of nitrogens with one attached hydrogen (secondary N) is 1. The first-order chi connectivity index (χ1) is 9.60. The molecule has 1 N–H and O–H groups in total. The van der Waals surface area contributed by atoms with Gasteiger partial charge in [-0.1, -0.05) is 15.9 Å². The molecule has 4 nitrogen and oxygen atoms in total. The summed E-state index contributed by atoms with van der Waals surface area (Å²) in [6, 6.07) is 8.07. The third kappa shape index (κ3) is 3.73. The molecule has 1 aromatic carbocycles. The third-order valence-electron chi connectivity index (χ3n) is 3.58. The van der Waals surface area contributed by atoms with Gasteiger partial charge in [-0.15, -0.1) is 0 Å². The molecule has 0 aromatic heterocycles. The van der Waals surface area contributed by atoms with Crippen molar-refractivity contribution in [3.8, 4) is 6.07 Å². The van der Waals surface area contributed by atoms with Crippen LogP contribution < -0.4 is 10.2 Å². The Morgan fingerprint density at radius 2 is 2.40 bits per heavy atom. The van der Waals surface area contributed by atoms with Crippen LogP contribution in [0.15, 0.2) is 22.7 Å². The van der Waals surface area contributed by atoms with Gasteiger partial charge in [0.05, 0.1) is 11.3 Å². The van der Waals surface area contributed by atoms with Crippen molar-refractivity contribution in [3.05, 3.63) is 28.2 Å². The number of piperidine rings is 1. The number of hydrogen-bond acceptors (Lipinski definition) is 3. The van der Waals surface area contributed by atoms with Crippen molar-refractivity contribution >= 4 is 27.5 Å². The Kier molecular flexibility index (Phi) is 5.02. The molecule has 1 aliphatic rings. The van der Waals surface area contributed by atoms with Gasteiger partial charge in [0.25, 0.3) is 0 Å². The third-order valence-corrected chi connectivity index (χ3v) is 4.07. The van der Waals surface area contributed by atoms with Crippen molar-refractivity contribution in [2.45, 2.75) is 19.8 Å². The van der Waals surface area contributed by atoms with Crippen molar-refractivity contribution in [3.63, 3.8) is 0 Å². The molecule has 0 aliphatic carbocycles. The molecule has 1 aromatic rings.